The standard InChI is InChI=1S/C19H25BrFNO2/c1-22(2)11-3-10-19(24,15-4-7-17(21)8-5-15)18-9-6-16(20)12-14(18)13-23/h4-8,12,18,23-24H,3,9-11,13H2,1-2H3. The van der Waals surface area contributed by atoms with E-state index in [9.17, 15) is 14.6 Å². The Hall–Kier alpha value is -1.01. The molecule has 2 rings (SSSR count). The van der Waals surface area contributed by atoms with Crippen LogP contribution >= 0.6 is 15.9 Å². The maximum absolute atomic E-state index is 13.3. The molecule has 132 valence electrons. The fraction of sp³-hybridized carbons (Fsp3) is 0.474. The lowest BCUT2D eigenvalue weighted by molar-refractivity contribution is -0.0239. The van der Waals surface area contributed by atoms with Gasteiger partial charge >= 0.3 is 0 Å². The lowest BCUT2D eigenvalue weighted by Gasteiger charge is -2.39. The highest BCUT2D eigenvalue weighted by Crippen LogP contribution is 2.43. The minimum absolute atomic E-state index is 0.106. The quantitative estimate of drug-likeness (QED) is 0.738. The van der Waals surface area contributed by atoms with Crippen molar-refractivity contribution in [2.45, 2.75) is 24.9 Å². The Labute approximate surface area is 151 Å². The summed E-state index contributed by atoms with van der Waals surface area (Å²) >= 11 is 3.44. The Morgan fingerprint density at radius 3 is 2.54 bits per heavy atom. The molecule has 0 saturated carbocycles. The van der Waals surface area contributed by atoms with Gasteiger partial charge < -0.3 is 15.1 Å². The monoisotopic (exact) mass is 397 g/mol. The molecule has 0 aromatic heterocycles. The molecule has 0 aliphatic heterocycles. The first-order chi connectivity index (χ1) is 11.4. The van der Waals surface area contributed by atoms with Crippen molar-refractivity contribution in [3.63, 3.8) is 0 Å². The molecule has 0 saturated heterocycles. The van der Waals surface area contributed by atoms with Crippen molar-refractivity contribution in [1.82, 2.24) is 4.90 Å². The molecule has 2 unspecified atom stereocenters. The lowest BCUT2D eigenvalue weighted by atomic mass is 9.71. The summed E-state index contributed by atoms with van der Waals surface area (Å²) in [6.07, 6.45) is 5.85. The van der Waals surface area contributed by atoms with E-state index < -0.39 is 5.60 Å². The van der Waals surface area contributed by atoms with E-state index in [2.05, 4.69) is 20.8 Å². The molecule has 5 heteroatoms. The zero-order valence-electron chi connectivity index (χ0n) is 14.2. The summed E-state index contributed by atoms with van der Waals surface area (Å²) in [5.41, 5.74) is 0.349. The third-order valence-corrected chi connectivity index (χ3v) is 5.14. The molecule has 3 nitrogen and oxygen atoms in total. The summed E-state index contributed by atoms with van der Waals surface area (Å²) in [5, 5.41) is 21.3. The SMILES string of the molecule is CN(C)CCCC(O)(c1ccc(F)cc1)C1CC=C(Br)C=C1CO. The Bertz CT molecular complexity index is 612. The van der Waals surface area contributed by atoms with Crippen molar-refractivity contribution in [2.24, 2.45) is 5.92 Å². The van der Waals surface area contributed by atoms with Crippen molar-refractivity contribution in [3.8, 4) is 0 Å². The molecule has 1 aromatic carbocycles. The largest absolute Gasteiger partial charge is 0.392 e. The molecule has 0 spiro atoms. The first kappa shape index (κ1) is 19.3. The number of benzene rings is 1. The Kier molecular flexibility index (Phi) is 6.75. The molecule has 0 fully saturated rings. The van der Waals surface area contributed by atoms with Gasteiger partial charge in [0, 0.05) is 10.4 Å². The van der Waals surface area contributed by atoms with E-state index in [-0.39, 0.29) is 18.3 Å². The molecule has 0 amide bonds. The van der Waals surface area contributed by atoms with E-state index >= 15 is 0 Å². The number of allylic oxidation sites excluding steroid dienone is 3. The molecule has 1 aliphatic rings. The molecule has 24 heavy (non-hydrogen) atoms. The van der Waals surface area contributed by atoms with Crippen LogP contribution in [0.1, 0.15) is 24.8 Å². The number of rotatable bonds is 7. The number of aliphatic hydroxyl groups excluding tert-OH is 1. The van der Waals surface area contributed by atoms with Gasteiger partial charge in [0.2, 0.25) is 0 Å². The average Bonchev–Trinajstić information content (AvgIpc) is 2.54. The van der Waals surface area contributed by atoms with E-state index in [4.69, 9.17) is 0 Å². The van der Waals surface area contributed by atoms with Gasteiger partial charge in [0.05, 0.1) is 12.2 Å². The maximum atomic E-state index is 13.3. The highest BCUT2D eigenvalue weighted by Gasteiger charge is 2.40. The van der Waals surface area contributed by atoms with Crippen molar-refractivity contribution < 1.29 is 14.6 Å². The van der Waals surface area contributed by atoms with Crippen molar-refractivity contribution >= 4 is 15.9 Å². The molecule has 2 atom stereocenters. The summed E-state index contributed by atoms with van der Waals surface area (Å²) in [6.45, 7) is 0.749. The Morgan fingerprint density at radius 1 is 1.29 bits per heavy atom. The number of aliphatic hydroxyl groups is 2. The van der Waals surface area contributed by atoms with Crippen LogP contribution in [0.4, 0.5) is 4.39 Å². The van der Waals surface area contributed by atoms with Crippen LogP contribution in [0.2, 0.25) is 0 Å². The highest BCUT2D eigenvalue weighted by atomic mass is 79.9. The zero-order valence-corrected chi connectivity index (χ0v) is 15.8. The molecule has 0 heterocycles. The van der Waals surface area contributed by atoms with E-state index in [1.165, 1.54) is 12.1 Å². The van der Waals surface area contributed by atoms with Gasteiger partial charge in [-0.05, 0) is 69.2 Å². The topological polar surface area (TPSA) is 43.7 Å². The Morgan fingerprint density at radius 2 is 1.96 bits per heavy atom. The van der Waals surface area contributed by atoms with Gasteiger partial charge in [0.15, 0.2) is 0 Å². The van der Waals surface area contributed by atoms with Gasteiger partial charge in [0.1, 0.15) is 5.82 Å². The van der Waals surface area contributed by atoms with Crippen molar-refractivity contribution in [3.05, 3.63) is 57.9 Å². The second-order valence-corrected chi connectivity index (χ2v) is 7.51. The fourth-order valence-electron chi connectivity index (χ4n) is 3.30. The average molecular weight is 398 g/mol. The molecular formula is C19H25BrFNO2. The van der Waals surface area contributed by atoms with Gasteiger partial charge in [-0.15, -0.1) is 0 Å². The van der Waals surface area contributed by atoms with Crippen molar-refractivity contribution in [2.75, 3.05) is 27.2 Å². The van der Waals surface area contributed by atoms with Gasteiger partial charge in [0.25, 0.3) is 0 Å². The number of hydrogen-bond acceptors (Lipinski definition) is 3. The first-order valence-corrected chi connectivity index (χ1v) is 8.96. The number of halogens is 2. The van der Waals surface area contributed by atoms with Crippen LogP contribution in [0, 0.1) is 11.7 Å². The first-order valence-electron chi connectivity index (χ1n) is 8.17. The van der Waals surface area contributed by atoms with E-state index in [0.717, 1.165) is 23.0 Å². The van der Waals surface area contributed by atoms with Crippen LogP contribution in [0.25, 0.3) is 0 Å². The maximum Gasteiger partial charge on any atom is 0.123 e. The minimum atomic E-state index is -1.14. The van der Waals surface area contributed by atoms with E-state index in [1.54, 1.807) is 12.1 Å². The van der Waals surface area contributed by atoms with E-state index in [0.29, 0.717) is 18.4 Å². The fourth-order valence-corrected chi connectivity index (χ4v) is 3.78. The van der Waals surface area contributed by atoms with Gasteiger partial charge in [-0.2, -0.15) is 0 Å². The van der Waals surface area contributed by atoms with E-state index in [1.807, 2.05) is 26.2 Å². The van der Waals surface area contributed by atoms with Crippen LogP contribution in [0.3, 0.4) is 0 Å². The second-order valence-electron chi connectivity index (χ2n) is 6.59. The smallest absolute Gasteiger partial charge is 0.123 e. The predicted octanol–water partition coefficient (Wildman–Crippen LogP) is 3.57. The Balaban J connectivity index is 2.35. The molecule has 2 N–H and O–H groups in total. The summed E-state index contributed by atoms with van der Waals surface area (Å²) < 4.78 is 14.2. The third-order valence-electron chi connectivity index (χ3n) is 4.59. The van der Waals surface area contributed by atoms with Crippen LogP contribution in [0.15, 0.2) is 46.5 Å². The van der Waals surface area contributed by atoms with Gasteiger partial charge in [-0.3, -0.25) is 0 Å². The summed E-state index contributed by atoms with van der Waals surface area (Å²) in [5.74, 6) is -0.546. The number of hydrogen-bond donors (Lipinski definition) is 2. The molecule has 1 aliphatic carbocycles. The van der Waals surface area contributed by atoms with Crippen LogP contribution in [0.5, 0.6) is 0 Å². The summed E-state index contributed by atoms with van der Waals surface area (Å²) in [6, 6.07) is 6.05. The van der Waals surface area contributed by atoms with Gasteiger partial charge in [-0.1, -0.05) is 34.1 Å². The minimum Gasteiger partial charge on any atom is -0.392 e. The molecular weight excluding hydrogens is 373 g/mol. The van der Waals surface area contributed by atoms with Crippen LogP contribution < -0.4 is 0 Å². The zero-order chi connectivity index (χ0) is 17.7. The summed E-state index contributed by atoms with van der Waals surface area (Å²) in [4.78, 5) is 2.07. The predicted molar refractivity (Wildman–Crippen MR) is 98.4 cm³/mol. The highest BCUT2D eigenvalue weighted by molar-refractivity contribution is 9.11. The number of nitrogens with zero attached hydrogens (tertiary/aromatic N) is 1. The van der Waals surface area contributed by atoms with Crippen molar-refractivity contribution in [1.29, 1.82) is 0 Å². The second kappa shape index (κ2) is 8.39. The normalized spacial score (nSPS) is 20.5. The third kappa shape index (κ3) is 4.54. The molecule has 0 bridgehead atoms. The molecule has 0 radical (unpaired) electrons. The lowest BCUT2D eigenvalue weighted by Crippen LogP contribution is -2.38. The molecule has 1 aromatic rings. The van der Waals surface area contributed by atoms with Gasteiger partial charge in [-0.25, -0.2) is 4.39 Å². The summed E-state index contributed by atoms with van der Waals surface area (Å²) in [7, 11) is 3.99. The van der Waals surface area contributed by atoms with Crippen LogP contribution in [-0.4, -0.2) is 42.4 Å². The van der Waals surface area contributed by atoms with Crippen LogP contribution in [-0.2, 0) is 5.60 Å².